The Labute approximate surface area is 119 Å². The van der Waals surface area contributed by atoms with Crippen molar-refractivity contribution in [3.63, 3.8) is 0 Å². The van der Waals surface area contributed by atoms with Crippen LogP contribution in [0.4, 0.5) is 15.8 Å². The van der Waals surface area contributed by atoms with Gasteiger partial charge in [-0.15, -0.1) is 0 Å². The van der Waals surface area contributed by atoms with Crippen LogP contribution in [0.25, 0.3) is 0 Å². The van der Waals surface area contributed by atoms with Gasteiger partial charge in [0.2, 0.25) is 0 Å². The van der Waals surface area contributed by atoms with Crippen LogP contribution < -0.4 is 15.4 Å². The minimum Gasteiger partial charge on any atom is -0.488 e. The lowest BCUT2D eigenvalue weighted by molar-refractivity contribution is 0.0344. The highest BCUT2D eigenvalue weighted by Crippen LogP contribution is 2.34. The van der Waals surface area contributed by atoms with Crippen LogP contribution in [-0.2, 0) is 4.74 Å². The minimum absolute atomic E-state index is 0.0815. The molecule has 1 aliphatic heterocycles. The fourth-order valence-electron chi connectivity index (χ4n) is 2.39. The molecule has 0 radical (unpaired) electrons. The molecule has 5 heteroatoms. The Balaban J connectivity index is 2.34. The first-order chi connectivity index (χ1) is 9.38. The van der Waals surface area contributed by atoms with E-state index in [1.807, 2.05) is 20.8 Å². The van der Waals surface area contributed by atoms with Gasteiger partial charge in [0.25, 0.3) is 0 Å². The van der Waals surface area contributed by atoms with E-state index in [1.165, 1.54) is 6.07 Å². The van der Waals surface area contributed by atoms with Gasteiger partial charge < -0.3 is 20.1 Å². The number of hydrogen-bond acceptors (Lipinski definition) is 4. The van der Waals surface area contributed by atoms with Gasteiger partial charge in [-0.3, -0.25) is 0 Å². The molecule has 2 rings (SSSR count). The zero-order chi connectivity index (χ0) is 14.9. The topological polar surface area (TPSA) is 47.7 Å². The molecule has 0 saturated carbocycles. The number of nitrogen functional groups attached to an aromatic ring is 1. The smallest absolute Gasteiger partial charge is 0.167 e. The van der Waals surface area contributed by atoms with Gasteiger partial charge in [-0.2, -0.15) is 0 Å². The van der Waals surface area contributed by atoms with Gasteiger partial charge >= 0.3 is 0 Å². The van der Waals surface area contributed by atoms with Gasteiger partial charge in [-0.05, 0) is 27.7 Å². The number of halogens is 1. The number of ether oxygens (including phenoxy) is 2. The predicted molar refractivity (Wildman–Crippen MR) is 78.8 cm³/mol. The van der Waals surface area contributed by atoms with E-state index < -0.39 is 5.82 Å². The van der Waals surface area contributed by atoms with E-state index in [9.17, 15) is 4.39 Å². The zero-order valence-corrected chi connectivity index (χ0v) is 12.5. The average Bonchev–Trinajstić information content (AvgIpc) is 2.35. The zero-order valence-electron chi connectivity index (χ0n) is 12.5. The first-order valence-corrected chi connectivity index (χ1v) is 7.02. The Morgan fingerprint density at radius 1 is 1.40 bits per heavy atom. The molecular formula is C15H23FN2O2. The second-order valence-electron chi connectivity index (χ2n) is 5.65. The summed E-state index contributed by atoms with van der Waals surface area (Å²) in [6.07, 6.45) is 0.0483. The molecule has 1 heterocycles. The Morgan fingerprint density at radius 2 is 2.10 bits per heavy atom. The molecule has 1 saturated heterocycles. The summed E-state index contributed by atoms with van der Waals surface area (Å²) in [6, 6.07) is 3.23. The predicted octanol–water partition coefficient (Wildman–Crippen LogP) is 2.81. The van der Waals surface area contributed by atoms with Gasteiger partial charge in [-0.25, -0.2) is 4.39 Å². The minimum atomic E-state index is -0.422. The van der Waals surface area contributed by atoms with E-state index >= 15 is 0 Å². The molecule has 1 aromatic carbocycles. The largest absolute Gasteiger partial charge is 0.488 e. The first kappa shape index (κ1) is 14.9. The van der Waals surface area contributed by atoms with Crippen molar-refractivity contribution >= 4 is 11.4 Å². The van der Waals surface area contributed by atoms with E-state index in [-0.39, 0.29) is 24.0 Å². The van der Waals surface area contributed by atoms with E-state index in [0.29, 0.717) is 12.3 Å². The summed E-state index contributed by atoms with van der Waals surface area (Å²) < 4.78 is 25.0. The maximum absolute atomic E-state index is 13.9. The van der Waals surface area contributed by atoms with Crippen molar-refractivity contribution in [2.75, 3.05) is 23.8 Å². The normalized spacial score (nSPS) is 23.2. The molecule has 2 N–H and O–H groups in total. The van der Waals surface area contributed by atoms with Crippen LogP contribution in [0.15, 0.2) is 12.1 Å². The molecule has 0 amide bonds. The highest BCUT2D eigenvalue weighted by atomic mass is 19.1. The number of nitrogens with two attached hydrogens (primary N) is 1. The van der Waals surface area contributed by atoms with E-state index in [4.69, 9.17) is 15.2 Å². The number of morpholine rings is 1. The van der Waals surface area contributed by atoms with Crippen LogP contribution >= 0.6 is 0 Å². The molecule has 0 aromatic heterocycles. The number of hydrogen-bond donors (Lipinski definition) is 1. The molecule has 0 spiro atoms. The molecule has 2 unspecified atom stereocenters. The van der Waals surface area contributed by atoms with Crippen molar-refractivity contribution in [2.24, 2.45) is 0 Å². The monoisotopic (exact) mass is 282 g/mol. The van der Waals surface area contributed by atoms with Gasteiger partial charge in [0, 0.05) is 24.7 Å². The molecular weight excluding hydrogens is 259 g/mol. The van der Waals surface area contributed by atoms with Gasteiger partial charge in [0.15, 0.2) is 11.6 Å². The Bertz CT molecular complexity index is 479. The third-order valence-corrected chi connectivity index (χ3v) is 3.36. The molecule has 2 atom stereocenters. The van der Waals surface area contributed by atoms with Crippen LogP contribution in [0.3, 0.4) is 0 Å². The molecule has 1 fully saturated rings. The van der Waals surface area contributed by atoms with Crippen molar-refractivity contribution in [1.82, 2.24) is 0 Å². The summed E-state index contributed by atoms with van der Waals surface area (Å²) in [5.41, 5.74) is 7.22. The highest BCUT2D eigenvalue weighted by molar-refractivity contribution is 5.70. The third kappa shape index (κ3) is 3.15. The maximum Gasteiger partial charge on any atom is 0.167 e. The Kier molecular flexibility index (Phi) is 4.38. The summed E-state index contributed by atoms with van der Waals surface area (Å²) in [5.74, 6) is -0.176. The number of nitrogens with zero attached hydrogens (tertiary/aromatic N) is 1. The van der Waals surface area contributed by atoms with Crippen LogP contribution in [0.5, 0.6) is 5.75 Å². The molecule has 112 valence electrons. The second kappa shape index (κ2) is 5.87. The molecule has 1 aromatic rings. The summed E-state index contributed by atoms with van der Waals surface area (Å²) in [4.78, 5) is 2.15. The summed E-state index contributed by atoms with van der Waals surface area (Å²) in [5, 5.41) is 0. The lowest BCUT2D eigenvalue weighted by Gasteiger charge is -2.39. The quantitative estimate of drug-likeness (QED) is 0.866. The molecule has 0 bridgehead atoms. The molecule has 20 heavy (non-hydrogen) atoms. The number of benzene rings is 1. The van der Waals surface area contributed by atoms with Crippen molar-refractivity contribution in [3.8, 4) is 5.75 Å². The van der Waals surface area contributed by atoms with E-state index in [1.54, 1.807) is 6.07 Å². The first-order valence-electron chi connectivity index (χ1n) is 7.02. The SMILES string of the molecule is CC(C)Oc1cc(N2CC(C)OCC2C)c(N)cc1F. The fraction of sp³-hybridized carbons (Fsp3) is 0.600. The Morgan fingerprint density at radius 3 is 2.75 bits per heavy atom. The number of rotatable bonds is 3. The second-order valence-corrected chi connectivity index (χ2v) is 5.65. The van der Waals surface area contributed by atoms with E-state index in [2.05, 4.69) is 11.8 Å². The van der Waals surface area contributed by atoms with Crippen LogP contribution in [0.2, 0.25) is 0 Å². The van der Waals surface area contributed by atoms with Crippen LogP contribution in [-0.4, -0.2) is 31.4 Å². The standard InChI is InChI=1S/C15H23FN2O2/c1-9(2)20-15-6-14(13(17)5-12(15)16)18-7-11(4)19-8-10(18)3/h5-6,9-11H,7-8,17H2,1-4H3. The van der Waals surface area contributed by atoms with Crippen LogP contribution in [0.1, 0.15) is 27.7 Å². The lowest BCUT2D eigenvalue weighted by atomic mass is 10.1. The molecule has 4 nitrogen and oxygen atoms in total. The summed E-state index contributed by atoms with van der Waals surface area (Å²) in [7, 11) is 0. The molecule has 0 aliphatic carbocycles. The van der Waals surface area contributed by atoms with Gasteiger partial charge in [0.05, 0.1) is 30.2 Å². The maximum atomic E-state index is 13.9. The van der Waals surface area contributed by atoms with Gasteiger partial charge in [-0.1, -0.05) is 0 Å². The molecule has 1 aliphatic rings. The summed E-state index contributed by atoms with van der Waals surface area (Å²) in [6.45, 7) is 9.20. The van der Waals surface area contributed by atoms with E-state index in [0.717, 1.165) is 12.2 Å². The van der Waals surface area contributed by atoms with Crippen molar-refractivity contribution in [1.29, 1.82) is 0 Å². The highest BCUT2D eigenvalue weighted by Gasteiger charge is 2.26. The summed E-state index contributed by atoms with van der Waals surface area (Å²) >= 11 is 0. The van der Waals surface area contributed by atoms with Crippen molar-refractivity contribution < 1.29 is 13.9 Å². The van der Waals surface area contributed by atoms with Gasteiger partial charge in [0.1, 0.15) is 0 Å². The van der Waals surface area contributed by atoms with Crippen molar-refractivity contribution in [2.45, 2.75) is 45.9 Å². The lowest BCUT2D eigenvalue weighted by Crippen LogP contribution is -2.47. The third-order valence-electron chi connectivity index (χ3n) is 3.36. The van der Waals surface area contributed by atoms with Crippen molar-refractivity contribution in [3.05, 3.63) is 17.9 Å². The Hall–Kier alpha value is -1.49. The number of anilines is 2. The fourth-order valence-corrected chi connectivity index (χ4v) is 2.39. The van der Waals surface area contributed by atoms with Crippen LogP contribution in [0, 0.1) is 5.82 Å². The average molecular weight is 282 g/mol.